The van der Waals surface area contributed by atoms with E-state index in [4.69, 9.17) is 0 Å². The van der Waals surface area contributed by atoms with Crippen LogP contribution in [0.1, 0.15) is 39.9 Å². The molecule has 114 valence electrons. The first-order valence-electron chi connectivity index (χ1n) is 7.82. The molecule has 1 atom stereocenters. The lowest BCUT2D eigenvalue weighted by Gasteiger charge is -2.37. The first kappa shape index (κ1) is 15.4. The molecule has 0 spiro atoms. The highest BCUT2D eigenvalue weighted by Gasteiger charge is 2.27. The highest BCUT2D eigenvalue weighted by molar-refractivity contribution is 4.91. The van der Waals surface area contributed by atoms with Crippen molar-refractivity contribution in [2.45, 2.75) is 47.2 Å². The number of nitrogens with one attached hydrogen (secondary N) is 1. The van der Waals surface area contributed by atoms with E-state index in [1.807, 2.05) is 6.33 Å². The van der Waals surface area contributed by atoms with Gasteiger partial charge in [-0.25, -0.2) is 0 Å². The maximum atomic E-state index is 4.20. The molecule has 5 nitrogen and oxygen atoms in total. The van der Waals surface area contributed by atoms with E-state index in [0.29, 0.717) is 11.3 Å². The van der Waals surface area contributed by atoms with E-state index in [1.54, 1.807) is 0 Å². The summed E-state index contributed by atoms with van der Waals surface area (Å²) in [4.78, 5) is 2.52. The third kappa shape index (κ3) is 4.03. The zero-order valence-corrected chi connectivity index (χ0v) is 13.4. The molecule has 0 fully saturated rings. The molecule has 20 heavy (non-hydrogen) atoms. The zero-order valence-electron chi connectivity index (χ0n) is 13.4. The van der Waals surface area contributed by atoms with Crippen LogP contribution in [0.25, 0.3) is 0 Å². The van der Waals surface area contributed by atoms with Crippen molar-refractivity contribution in [1.29, 1.82) is 0 Å². The highest BCUT2D eigenvalue weighted by atomic mass is 15.3. The maximum absolute atomic E-state index is 4.20. The molecule has 2 heterocycles. The van der Waals surface area contributed by atoms with Gasteiger partial charge in [-0.15, -0.1) is 10.2 Å². The summed E-state index contributed by atoms with van der Waals surface area (Å²) in [5.74, 6) is 1.81. The van der Waals surface area contributed by atoms with Gasteiger partial charge in [0, 0.05) is 26.2 Å². The molecule has 0 aliphatic carbocycles. The van der Waals surface area contributed by atoms with Crippen LogP contribution in [-0.4, -0.2) is 45.8 Å². The standard InChI is InChI=1S/C15H29N5/c1-5-15(4,10-16-8-13(2)3)11-19-6-7-20-12-17-18-14(20)9-19/h12-13,16H,5-11H2,1-4H3. The van der Waals surface area contributed by atoms with E-state index < -0.39 is 0 Å². The van der Waals surface area contributed by atoms with Gasteiger partial charge in [0.25, 0.3) is 0 Å². The van der Waals surface area contributed by atoms with Gasteiger partial charge in [0.2, 0.25) is 0 Å². The molecule has 0 aromatic carbocycles. The predicted octanol–water partition coefficient (Wildman–Crippen LogP) is 1.76. The van der Waals surface area contributed by atoms with E-state index in [-0.39, 0.29) is 0 Å². The molecule has 0 radical (unpaired) electrons. The second-order valence-corrected chi connectivity index (χ2v) is 6.84. The lowest BCUT2D eigenvalue weighted by Crippen LogP contribution is -2.45. The van der Waals surface area contributed by atoms with Crippen LogP contribution in [0.15, 0.2) is 6.33 Å². The Kier molecular flexibility index (Phi) is 5.16. The Morgan fingerprint density at radius 1 is 1.40 bits per heavy atom. The number of rotatable bonds is 7. The Bertz CT molecular complexity index is 414. The van der Waals surface area contributed by atoms with Gasteiger partial charge in [0.05, 0.1) is 6.54 Å². The van der Waals surface area contributed by atoms with Crippen molar-refractivity contribution in [2.24, 2.45) is 11.3 Å². The van der Waals surface area contributed by atoms with Crippen LogP contribution in [-0.2, 0) is 13.1 Å². The largest absolute Gasteiger partial charge is 0.316 e. The Labute approximate surface area is 122 Å². The second-order valence-electron chi connectivity index (χ2n) is 6.84. The topological polar surface area (TPSA) is 46.0 Å². The monoisotopic (exact) mass is 279 g/mol. The molecule has 1 aliphatic rings. The van der Waals surface area contributed by atoms with Crippen molar-refractivity contribution < 1.29 is 0 Å². The predicted molar refractivity (Wildman–Crippen MR) is 81.4 cm³/mol. The van der Waals surface area contributed by atoms with Gasteiger partial charge in [-0.05, 0) is 24.3 Å². The summed E-state index contributed by atoms with van der Waals surface area (Å²) in [5, 5.41) is 11.8. The van der Waals surface area contributed by atoms with Crippen LogP contribution in [0, 0.1) is 11.3 Å². The van der Waals surface area contributed by atoms with E-state index in [1.165, 1.54) is 6.42 Å². The first-order valence-corrected chi connectivity index (χ1v) is 7.82. The summed E-state index contributed by atoms with van der Waals surface area (Å²) in [6.45, 7) is 15.6. The summed E-state index contributed by atoms with van der Waals surface area (Å²) >= 11 is 0. The molecule has 2 rings (SSSR count). The van der Waals surface area contributed by atoms with Gasteiger partial charge in [0.15, 0.2) is 0 Å². The van der Waals surface area contributed by atoms with E-state index >= 15 is 0 Å². The average molecular weight is 279 g/mol. The van der Waals surface area contributed by atoms with Crippen LogP contribution in [0.3, 0.4) is 0 Å². The molecule has 1 aromatic rings. The van der Waals surface area contributed by atoms with E-state index in [2.05, 4.69) is 52.7 Å². The van der Waals surface area contributed by atoms with Gasteiger partial charge < -0.3 is 9.88 Å². The SMILES string of the molecule is CCC(C)(CNCC(C)C)CN1CCn2cnnc2C1. The van der Waals surface area contributed by atoms with Gasteiger partial charge in [0.1, 0.15) is 12.2 Å². The lowest BCUT2D eigenvalue weighted by molar-refractivity contribution is 0.126. The van der Waals surface area contributed by atoms with Crippen LogP contribution in [0.5, 0.6) is 0 Å². The van der Waals surface area contributed by atoms with Gasteiger partial charge >= 0.3 is 0 Å². The van der Waals surface area contributed by atoms with Crippen LogP contribution in [0.4, 0.5) is 0 Å². The van der Waals surface area contributed by atoms with Gasteiger partial charge in [-0.1, -0.05) is 27.7 Å². The van der Waals surface area contributed by atoms with Gasteiger partial charge in [-0.3, -0.25) is 4.90 Å². The smallest absolute Gasteiger partial charge is 0.147 e. The highest BCUT2D eigenvalue weighted by Crippen LogP contribution is 2.23. The molecule has 1 unspecified atom stereocenters. The van der Waals surface area contributed by atoms with Gasteiger partial charge in [-0.2, -0.15) is 0 Å². The Balaban J connectivity index is 1.86. The van der Waals surface area contributed by atoms with Crippen molar-refractivity contribution >= 4 is 0 Å². The number of aromatic nitrogens is 3. The Morgan fingerprint density at radius 2 is 2.20 bits per heavy atom. The van der Waals surface area contributed by atoms with Crippen LogP contribution in [0.2, 0.25) is 0 Å². The normalized spacial score (nSPS) is 19.1. The summed E-state index contributed by atoms with van der Waals surface area (Å²) in [6.07, 6.45) is 3.04. The Hall–Kier alpha value is -0.940. The second kappa shape index (κ2) is 6.68. The third-order valence-corrected chi connectivity index (χ3v) is 4.28. The van der Waals surface area contributed by atoms with Crippen molar-refractivity contribution in [2.75, 3.05) is 26.2 Å². The minimum Gasteiger partial charge on any atom is -0.316 e. The molecule has 0 amide bonds. The minimum atomic E-state index is 0.330. The first-order chi connectivity index (χ1) is 9.52. The molecular formula is C15H29N5. The minimum absolute atomic E-state index is 0.330. The summed E-state index contributed by atoms with van der Waals surface area (Å²) < 4.78 is 2.16. The summed E-state index contributed by atoms with van der Waals surface area (Å²) in [6, 6.07) is 0. The Morgan fingerprint density at radius 3 is 2.90 bits per heavy atom. The summed E-state index contributed by atoms with van der Waals surface area (Å²) in [7, 11) is 0. The molecule has 0 saturated carbocycles. The fourth-order valence-corrected chi connectivity index (χ4v) is 2.75. The van der Waals surface area contributed by atoms with E-state index in [0.717, 1.165) is 45.1 Å². The molecular weight excluding hydrogens is 250 g/mol. The van der Waals surface area contributed by atoms with Crippen molar-refractivity contribution in [1.82, 2.24) is 25.0 Å². The fourth-order valence-electron chi connectivity index (χ4n) is 2.75. The van der Waals surface area contributed by atoms with Crippen LogP contribution < -0.4 is 5.32 Å². The van der Waals surface area contributed by atoms with Crippen molar-refractivity contribution in [3.63, 3.8) is 0 Å². The van der Waals surface area contributed by atoms with E-state index in [9.17, 15) is 0 Å². The van der Waals surface area contributed by atoms with Crippen molar-refractivity contribution in [3.8, 4) is 0 Å². The fraction of sp³-hybridized carbons (Fsp3) is 0.867. The quantitative estimate of drug-likeness (QED) is 0.826. The maximum Gasteiger partial charge on any atom is 0.147 e. The zero-order chi connectivity index (χ0) is 14.6. The van der Waals surface area contributed by atoms with Crippen LogP contribution >= 0.6 is 0 Å². The van der Waals surface area contributed by atoms with Crippen molar-refractivity contribution in [3.05, 3.63) is 12.2 Å². The molecule has 1 aromatic heterocycles. The number of hydrogen-bond donors (Lipinski definition) is 1. The summed E-state index contributed by atoms with van der Waals surface area (Å²) in [5.41, 5.74) is 0.330. The lowest BCUT2D eigenvalue weighted by atomic mass is 9.86. The third-order valence-electron chi connectivity index (χ3n) is 4.28. The molecule has 0 saturated heterocycles. The average Bonchev–Trinajstić information content (AvgIpc) is 2.85. The molecule has 1 N–H and O–H groups in total. The molecule has 1 aliphatic heterocycles. The number of fused-ring (bicyclic) bond motifs is 1. The number of nitrogens with zero attached hydrogens (tertiary/aromatic N) is 4. The number of hydrogen-bond acceptors (Lipinski definition) is 4. The molecule has 0 bridgehead atoms. The molecule has 5 heteroatoms.